The second kappa shape index (κ2) is 8.93. The number of ether oxygens (including phenoxy) is 1. The van der Waals surface area contributed by atoms with Crippen molar-refractivity contribution in [1.82, 2.24) is 10.2 Å². The molecule has 19 heavy (non-hydrogen) atoms. The summed E-state index contributed by atoms with van der Waals surface area (Å²) in [5, 5.41) is 3.56. The van der Waals surface area contributed by atoms with E-state index in [1.807, 2.05) is 0 Å². The van der Waals surface area contributed by atoms with Crippen LogP contribution in [0, 0.1) is 5.41 Å². The second-order valence-corrected chi connectivity index (χ2v) is 6.66. The SMILES string of the molecule is CCOCCCNCC(C)N1CCCC(C)(C)CC1. The van der Waals surface area contributed by atoms with Gasteiger partial charge in [0.1, 0.15) is 0 Å². The molecule has 1 aliphatic heterocycles. The normalized spacial score (nSPS) is 22.1. The highest BCUT2D eigenvalue weighted by Crippen LogP contribution is 2.30. The van der Waals surface area contributed by atoms with Crippen molar-refractivity contribution >= 4 is 0 Å². The highest BCUT2D eigenvalue weighted by atomic mass is 16.5. The fraction of sp³-hybridized carbons (Fsp3) is 1.00. The van der Waals surface area contributed by atoms with Gasteiger partial charge in [0.05, 0.1) is 0 Å². The molecule has 1 N–H and O–H groups in total. The van der Waals surface area contributed by atoms with Crippen LogP contribution in [0.3, 0.4) is 0 Å². The number of nitrogens with zero attached hydrogens (tertiary/aromatic N) is 1. The quantitative estimate of drug-likeness (QED) is 0.686. The third-order valence-corrected chi connectivity index (χ3v) is 4.28. The van der Waals surface area contributed by atoms with Gasteiger partial charge >= 0.3 is 0 Å². The van der Waals surface area contributed by atoms with E-state index in [0.717, 1.165) is 32.7 Å². The molecular weight excluding hydrogens is 236 g/mol. The van der Waals surface area contributed by atoms with Crippen molar-refractivity contribution in [2.75, 3.05) is 39.4 Å². The fourth-order valence-corrected chi connectivity index (χ4v) is 2.77. The smallest absolute Gasteiger partial charge is 0.0477 e. The Balaban J connectivity index is 2.13. The maximum atomic E-state index is 5.35. The molecule has 0 amide bonds. The molecule has 0 aromatic heterocycles. The van der Waals surface area contributed by atoms with Crippen LogP contribution in [-0.4, -0.2) is 50.3 Å². The van der Waals surface area contributed by atoms with E-state index in [0.29, 0.717) is 11.5 Å². The Morgan fingerprint density at radius 3 is 2.79 bits per heavy atom. The van der Waals surface area contributed by atoms with Crippen LogP contribution in [0.15, 0.2) is 0 Å². The zero-order chi connectivity index (χ0) is 14.1. The van der Waals surface area contributed by atoms with Crippen molar-refractivity contribution in [3.8, 4) is 0 Å². The molecule has 0 spiro atoms. The van der Waals surface area contributed by atoms with E-state index in [2.05, 4.69) is 37.9 Å². The van der Waals surface area contributed by atoms with E-state index in [4.69, 9.17) is 4.74 Å². The minimum absolute atomic E-state index is 0.541. The van der Waals surface area contributed by atoms with Gasteiger partial charge in [-0.1, -0.05) is 13.8 Å². The molecular formula is C16H34N2O. The van der Waals surface area contributed by atoms with Crippen LogP contribution in [0.2, 0.25) is 0 Å². The number of nitrogens with one attached hydrogen (secondary N) is 1. The molecule has 0 aromatic rings. The highest BCUT2D eigenvalue weighted by Gasteiger charge is 2.24. The van der Waals surface area contributed by atoms with Gasteiger partial charge in [0.15, 0.2) is 0 Å². The molecule has 1 rings (SSSR count). The molecule has 1 unspecified atom stereocenters. The summed E-state index contributed by atoms with van der Waals surface area (Å²) in [5.41, 5.74) is 0.541. The average Bonchev–Trinajstić information content (AvgIpc) is 2.54. The lowest BCUT2D eigenvalue weighted by atomic mass is 9.85. The van der Waals surface area contributed by atoms with Crippen LogP contribution in [0.25, 0.3) is 0 Å². The molecule has 3 nitrogen and oxygen atoms in total. The summed E-state index contributed by atoms with van der Waals surface area (Å²) in [6.07, 6.45) is 5.18. The molecule has 1 atom stereocenters. The average molecular weight is 270 g/mol. The Labute approximate surface area is 120 Å². The minimum Gasteiger partial charge on any atom is -0.382 e. The molecule has 1 heterocycles. The van der Waals surface area contributed by atoms with E-state index in [9.17, 15) is 0 Å². The Morgan fingerprint density at radius 1 is 1.26 bits per heavy atom. The first-order valence-corrected chi connectivity index (χ1v) is 8.07. The van der Waals surface area contributed by atoms with Gasteiger partial charge in [0.2, 0.25) is 0 Å². The number of hydrogen-bond acceptors (Lipinski definition) is 3. The van der Waals surface area contributed by atoms with Gasteiger partial charge in [-0.15, -0.1) is 0 Å². The van der Waals surface area contributed by atoms with Gasteiger partial charge in [0.25, 0.3) is 0 Å². The van der Waals surface area contributed by atoms with Gasteiger partial charge < -0.3 is 10.1 Å². The number of likely N-dealkylation sites (tertiary alicyclic amines) is 1. The van der Waals surface area contributed by atoms with Gasteiger partial charge in [0, 0.05) is 25.8 Å². The first kappa shape index (κ1) is 16.9. The van der Waals surface area contributed by atoms with Crippen molar-refractivity contribution in [2.45, 2.75) is 59.4 Å². The lowest BCUT2D eigenvalue weighted by Crippen LogP contribution is -2.41. The third kappa shape index (κ3) is 7.28. The van der Waals surface area contributed by atoms with Crippen molar-refractivity contribution in [2.24, 2.45) is 5.41 Å². The summed E-state index contributed by atoms with van der Waals surface area (Å²) < 4.78 is 5.35. The molecule has 1 saturated heterocycles. The van der Waals surface area contributed by atoms with Gasteiger partial charge in [-0.2, -0.15) is 0 Å². The maximum absolute atomic E-state index is 5.35. The maximum Gasteiger partial charge on any atom is 0.0477 e. The molecule has 1 fully saturated rings. The van der Waals surface area contributed by atoms with E-state index in [-0.39, 0.29) is 0 Å². The van der Waals surface area contributed by atoms with E-state index >= 15 is 0 Å². The third-order valence-electron chi connectivity index (χ3n) is 4.28. The van der Waals surface area contributed by atoms with Crippen LogP contribution in [0.4, 0.5) is 0 Å². The second-order valence-electron chi connectivity index (χ2n) is 6.66. The minimum atomic E-state index is 0.541. The lowest BCUT2D eigenvalue weighted by molar-refractivity contribution is 0.143. The molecule has 0 aliphatic carbocycles. The molecule has 3 heteroatoms. The van der Waals surface area contributed by atoms with Crippen LogP contribution in [0.1, 0.15) is 53.4 Å². The van der Waals surface area contributed by atoms with Crippen LogP contribution >= 0.6 is 0 Å². The van der Waals surface area contributed by atoms with E-state index in [1.54, 1.807) is 0 Å². The van der Waals surface area contributed by atoms with Crippen LogP contribution in [-0.2, 0) is 4.74 Å². The van der Waals surface area contributed by atoms with E-state index in [1.165, 1.54) is 32.4 Å². The van der Waals surface area contributed by atoms with Crippen LogP contribution in [0.5, 0.6) is 0 Å². The zero-order valence-corrected chi connectivity index (χ0v) is 13.5. The van der Waals surface area contributed by atoms with Gasteiger partial charge in [-0.05, 0) is 64.6 Å². The fourth-order valence-electron chi connectivity index (χ4n) is 2.77. The monoisotopic (exact) mass is 270 g/mol. The summed E-state index contributed by atoms with van der Waals surface area (Å²) in [5.74, 6) is 0. The molecule has 1 aliphatic rings. The van der Waals surface area contributed by atoms with Crippen molar-refractivity contribution in [1.29, 1.82) is 0 Å². The first-order valence-electron chi connectivity index (χ1n) is 8.07. The largest absolute Gasteiger partial charge is 0.382 e. The summed E-state index contributed by atoms with van der Waals surface area (Å²) in [6, 6.07) is 0.654. The summed E-state index contributed by atoms with van der Waals surface area (Å²) in [7, 11) is 0. The zero-order valence-electron chi connectivity index (χ0n) is 13.5. The van der Waals surface area contributed by atoms with E-state index < -0.39 is 0 Å². The Morgan fingerprint density at radius 2 is 2.05 bits per heavy atom. The Hall–Kier alpha value is -0.120. The lowest BCUT2D eigenvalue weighted by Gasteiger charge is -2.28. The standard InChI is InChI=1S/C16H34N2O/c1-5-19-13-7-10-17-14-15(2)18-11-6-8-16(3,4)9-12-18/h15,17H,5-14H2,1-4H3. The molecule has 0 bridgehead atoms. The summed E-state index contributed by atoms with van der Waals surface area (Å²) >= 11 is 0. The molecule has 0 saturated carbocycles. The van der Waals surface area contributed by atoms with Crippen molar-refractivity contribution in [3.05, 3.63) is 0 Å². The first-order chi connectivity index (χ1) is 9.05. The molecule has 0 radical (unpaired) electrons. The molecule has 0 aromatic carbocycles. The predicted molar refractivity (Wildman–Crippen MR) is 82.6 cm³/mol. The van der Waals surface area contributed by atoms with Gasteiger partial charge in [-0.3, -0.25) is 4.90 Å². The molecule has 114 valence electrons. The van der Waals surface area contributed by atoms with Gasteiger partial charge in [-0.25, -0.2) is 0 Å². The number of hydrogen-bond donors (Lipinski definition) is 1. The highest BCUT2D eigenvalue weighted by molar-refractivity contribution is 4.79. The Bertz CT molecular complexity index is 231. The Kier molecular flexibility index (Phi) is 7.96. The van der Waals surface area contributed by atoms with Crippen molar-refractivity contribution < 1.29 is 4.74 Å². The van der Waals surface area contributed by atoms with Crippen molar-refractivity contribution in [3.63, 3.8) is 0 Å². The topological polar surface area (TPSA) is 24.5 Å². The predicted octanol–water partition coefficient (Wildman–Crippen LogP) is 2.90. The number of rotatable bonds is 8. The summed E-state index contributed by atoms with van der Waals surface area (Å²) in [6.45, 7) is 15.6. The summed E-state index contributed by atoms with van der Waals surface area (Å²) in [4.78, 5) is 2.66. The van der Waals surface area contributed by atoms with Crippen LogP contribution < -0.4 is 5.32 Å².